The Morgan fingerprint density at radius 3 is 2.57 bits per heavy atom. The second-order valence-electron chi connectivity index (χ2n) is 7.46. The molecule has 0 bridgehead atoms. The van der Waals surface area contributed by atoms with Crippen molar-refractivity contribution in [1.82, 2.24) is 5.32 Å². The minimum Gasteiger partial charge on any atom is -0.350 e. The quantitative estimate of drug-likeness (QED) is 0.637. The molecule has 3 aromatic rings. The monoisotopic (exact) mass is 391 g/mol. The van der Waals surface area contributed by atoms with E-state index < -0.39 is 0 Å². The van der Waals surface area contributed by atoms with Gasteiger partial charge in [-0.1, -0.05) is 60.7 Å². The zero-order valence-corrected chi connectivity index (χ0v) is 16.9. The Labute approximate surface area is 171 Å². The lowest BCUT2D eigenvalue weighted by Gasteiger charge is -2.32. The van der Waals surface area contributed by atoms with E-state index >= 15 is 0 Å². The summed E-state index contributed by atoms with van der Waals surface area (Å²) in [5, 5.41) is 5.35. The normalized spacial score (nSPS) is 16.9. The van der Waals surface area contributed by atoms with Crippen LogP contribution in [0.3, 0.4) is 0 Å². The molecule has 1 aliphatic rings. The third-order valence-corrected chi connectivity index (χ3v) is 6.60. The van der Waals surface area contributed by atoms with Crippen LogP contribution in [0.2, 0.25) is 0 Å². The minimum absolute atomic E-state index is 0.141. The lowest BCUT2D eigenvalue weighted by atomic mass is 9.98. The highest BCUT2D eigenvalue weighted by molar-refractivity contribution is 7.10. The third kappa shape index (κ3) is 4.70. The summed E-state index contributed by atoms with van der Waals surface area (Å²) in [5.74, 6) is 0.141. The van der Waals surface area contributed by atoms with Crippen molar-refractivity contribution >= 4 is 17.2 Å². The smallest absolute Gasteiger partial charge is 0.220 e. The summed E-state index contributed by atoms with van der Waals surface area (Å²) in [5.41, 5.74) is 4.13. The molecule has 144 valence electrons. The molecule has 0 fully saturated rings. The molecule has 0 spiro atoms. The van der Waals surface area contributed by atoms with Crippen LogP contribution in [0.15, 0.2) is 72.1 Å². The molecule has 1 unspecified atom stereocenters. The predicted molar refractivity (Wildman–Crippen MR) is 115 cm³/mol. The number of fused-ring (bicyclic) bond motifs is 1. The number of thiophene rings is 1. The molecule has 4 rings (SSSR count). The number of amides is 1. The minimum atomic E-state index is 0.141. The summed E-state index contributed by atoms with van der Waals surface area (Å²) in [4.78, 5) is 15.4. The van der Waals surface area contributed by atoms with Crippen LogP contribution in [-0.4, -0.2) is 19.0 Å². The van der Waals surface area contributed by atoms with Gasteiger partial charge in [-0.05, 0) is 29.0 Å². The van der Waals surface area contributed by atoms with Gasteiger partial charge >= 0.3 is 0 Å². The highest BCUT2D eigenvalue weighted by Gasteiger charge is 2.29. The van der Waals surface area contributed by atoms with E-state index in [2.05, 4.69) is 59.2 Å². The molecule has 1 aromatic heterocycles. The molecule has 3 nitrogen and oxygen atoms in total. The summed E-state index contributed by atoms with van der Waals surface area (Å²) in [6, 6.07) is 23.6. The van der Waals surface area contributed by atoms with Gasteiger partial charge < -0.3 is 10.2 Å². The van der Waals surface area contributed by atoms with Gasteiger partial charge in [0.25, 0.3) is 0 Å². The van der Waals surface area contributed by atoms with Gasteiger partial charge in [0.05, 0.1) is 18.0 Å². The largest absolute Gasteiger partial charge is 0.350 e. The SMILES string of the molecule is O=C(CCc1ccccc1)NC[C@@H](c1cccs1)[NH+]1CCc2ccccc2C1. The van der Waals surface area contributed by atoms with Gasteiger partial charge in [-0.15, -0.1) is 11.3 Å². The van der Waals surface area contributed by atoms with Gasteiger partial charge in [-0.25, -0.2) is 0 Å². The maximum Gasteiger partial charge on any atom is 0.220 e. The fraction of sp³-hybridized carbons (Fsp3) is 0.292. The summed E-state index contributed by atoms with van der Waals surface area (Å²) in [6.45, 7) is 2.84. The fourth-order valence-electron chi connectivity index (χ4n) is 4.04. The molecular formula is C24H27N2OS+. The van der Waals surface area contributed by atoms with Crippen molar-refractivity contribution < 1.29 is 9.69 Å². The molecule has 28 heavy (non-hydrogen) atoms. The number of aryl methyl sites for hydroxylation is 1. The van der Waals surface area contributed by atoms with Crippen molar-refractivity contribution in [2.75, 3.05) is 13.1 Å². The van der Waals surface area contributed by atoms with Crippen LogP contribution in [-0.2, 0) is 24.2 Å². The van der Waals surface area contributed by atoms with Crippen LogP contribution in [0, 0.1) is 0 Å². The van der Waals surface area contributed by atoms with Crippen molar-refractivity contribution in [2.24, 2.45) is 0 Å². The number of hydrogen-bond acceptors (Lipinski definition) is 2. The number of benzene rings is 2. The second-order valence-corrected chi connectivity index (χ2v) is 8.44. The molecule has 1 aliphatic heterocycles. The van der Waals surface area contributed by atoms with E-state index in [1.165, 1.54) is 21.6 Å². The molecule has 2 atom stereocenters. The molecule has 0 saturated carbocycles. The maximum absolute atomic E-state index is 12.5. The Bertz CT molecular complexity index is 892. The Hall–Kier alpha value is -2.43. The zero-order chi connectivity index (χ0) is 19.2. The van der Waals surface area contributed by atoms with E-state index in [0.29, 0.717) is 19.0 Å². The highest BCUT2D eigenvalue weighted by Crippen LogP contribution is 2.19. The van der Waals surface area contributed by atoms with Crippen LogP contribution < -0.4 is 10.2 Å². The number of carbonyl (C=O) groups excluding carboxylic acids is 1. The molecule has 4 heteroatoms. The van der Waals surface area contributed by atoms with Gasteiger partial charge in [0.1, 0.15) is 12.6 Å². The van der Waals surface area contributed by atoms with Crippen LogP contribution in [0.1, 0.15) is 34.0 Å². The molecule has 2 aromatic carbocycles. The molecule has 2 N–H and O–H groups in total. The molecule has 0 saturated heterocycles. The van der Waals surface area contributed by atoms with Crippen molar-refractivity contribution in [3.8, 4) is 0 Å². The van der Waals surface area contributed by atoms with E-state index in [-0.39, 0.29) is 5.91 Å². The van der Waals surface area contributed by atoms with Gasteiger partial charge in [-0.2, -0.15) is 0 Å². The molecule has 0 radical (unpaired) electrons. The number of hydrogen-bond donors (Lipinski definition) is 2. The zero-order valence-electron chi connectivity index (χ0n) is 16.1. The average molecular weight is 392 g/mol. The third-order valence-electron chi connectivity index (χ3n) is 5.62. The fourth-order valence-corrected chi connectivity index (χ4v) is 4.93. The highest BCUT2D eigenvalue weighted by atomic mass is 32.1. The van der Waals surface area contributed by atoms with E-state index in [1.54, 1.807) is 16.2 Å². The summed E-state index contributed by atoms with van der Waals surface area (Å²) in [6.07, 6.45) is 2.44. The lowest BCUT2D eigenvalue weighted by molar-refractivity contribution is -0.945. The molecule has 1 amide bonds. The van der Waals surface area contributed by atoms with Crippen molar-refractivity contribution in [1.29, 1.82) is 0 Å². The number of carbonyl (C=O) groups is 1. The van der Waals surface area contributed by atoms with Gasteiger partial charge in [-0.3, -0.25) is 4.79 Å². The maximum atomic E-state index is 12.5. The van der Waals surface area contributed by atoms with Gasteiger partial charge in [0.15, 0.2) is 0 Å². The molecule has 0 aliphatic carbocycles. The summed E-state index contributed by atoms with van der Waals surface area (Å²) in [7, 11) is 0. The van der Waals surface area contributed by atoms with Gasteiger partial charge in [0, 0.05) is 18.4 Å². The summed E-state index contributed by atoms with van der Waals surface area (Å²) >= 11 is 1.80. The molecular weight excluding hydrogens is 364 g/mol. The first-order chi connectivity index (χ1) is 13.8. The number of nitrogens with one attached hydrogen (secondary N) is 2. The first kappa shape index (κ1) is 18.9. The Kier molecular flexibility index (Phi) is 6.20. The number of quaternary nitrogens is 1. The Morgan fingerprint density at radius 2 is 1.79 bits per heavy atom. The average Bonchev–Trinajstić information content (AvgIpc) is 3.27. The Balaban J connectivity index is 1.38. The van der Waals surface area contributed by atoms with E-state index in [1.807, 2.05) is 18.2 Å². The van der Waals surface area contributed by atoms with E-state index in [4.69, 9.17) is 0 Å². The van der Waals surface area contributed by atoms with E-state index in [0.717, 1.165) is 25.9 Å². The van der Waals surface area contributed by atoms with Crippen LogP contribution >= 0.6 is 11.3 Å². The predicted octanol–water partition coefficient (Wildman–Crippen LogP) is 3.18. The van der Waals surface area contributed by atoms with Gasteiger partial charge in [0.2, 0.25) is 5.91 Å². The van der Waals surface area contributed by atoms with Crippen molar-refractivity contribution in [2.45, 2.75) is 31.8 Å². The lowest BCUT2D eigenvalue weighted by Crippen LogP contribution is -3.12. The van der Waals surface area contributed by atoms with Crippen LogP contribution in [0.25, 0.3) is 0 Å². The topological polar surface area (TPSA) is 33.5 Å². The number of rotatable bonds is 7. The van der Waals surface area contributed by atoms with Crippen molar-refractivity contribution in [3.63, 3.8) is 0 Å². The Morgan fingerprint density at radius 1 is 1.00 bits per heavy atom. The summed E-state index contributed by atoms with van der Waals surface area (Å²) < 4.78 is 0. The van der Waals surface area contributed by atoms with Crippen molar-refractivity contribution in [3.05, 3.63) is 93.7 Å². The van der Waals surface area contributed by atoms with Crippen LogP contribution in [0.5, 0.6) is 0 Å². The molecule has 2 heterocycles. The first-order valence-electron chi connectivity index (χ1n) is 10.0. The van der Waals surface area contributed by atoms with E-state index in [9.17, 15) is 4.79 Å². The second kappa shape index (κ2) is 9.18. The first-order valence-corrected chi connectivity index (χ1v) is 10.9. The van der Waals surface area contributed by atoms with Crippen LogP contribution in [0.4, 0.5) is 0 Å². The standard InChI is InChI=1S/C24H26N2OS/c27-24(13-12-19-7-2-1-3-8-19)25-17-22(23-11-6-16-28-23)26-15-14-20-9-4-5-10-21(20)18-26/h1-11,16,22H,12-15,17-18H2,(H,25,27)/p+1/t22-/m0/s1.